The Kier molecular flexibility index (Phi) is 6.86. The molecular weight excluding hydrogens is 220 g/mol. The van der Waals surface area contributed by atoms with Crippen LogP contribution in [0.5, 0.6) is 0 Å². The maximum Gasteiger partial charge on any atom is 0.330 e. The van der Waals surface area contributed by atoms with E-state index < -0.39 is 37.0 Å². The molecule has 0 aromatic rings. The molecule has 5 N–H and O–H groups in total. The molecule has 0 aliphatic heterocycles. The van der Waals surface area contributed by atoms with Crippen LogP contribution in [0.3, 0.4) is 0 Å². The molecule has 0 spiro atoms. The molecule has 0 aromatic carbocycles. The average Bonchev–Trinajstić information content (AvgIpc) is 2.32. The molecule has 0 bridgehead atoms. The zero-order valence-corrected chi connectivity index (χ0v) is 8.72. The van der Waals surface area contributed by atoms with Gasteiger partial charge in [-0.25, -0.2) is 4.79 Å². The standard InChI is InChI=1S/C9H16O7/c1-16-7(13)3-2-5(11)8(14)9(15)6(12)4-10/h2-3,5-6,8-12,14-15H,4H2,1H3/b3-2+/t5-,6+,8+,9-/m0/s1. The minimum Gasteiger partial charge on any atom is -0.466 e. The van der Waals surface area contributed by atoms with Crippen molar-refractivity contribution in [3.63, 3.8) is 0 Å². The number of hydrogen-bond acceptors (Lipinski definition) is 7. The molecule has 0 aromatic heterocycles. The maximum atomic E-state index is 10.6. The molecule has 0 rings (SSSR count). The second-order valence-corrected chi connectivity index (χ2v) is 3.10. The van der Waals surface area contributed by atoms with Gasteiger partial charge in [-0.3, -0.25) is 0 Å². The van der Waals surface area contributed by atoms with Crippen LogP contribution < -0.4 is 0 Å². The van der Waals surface area contributed by atoms with E-state index in [4.69, 9.17) is 10.2 Å². The fourth-order valence-corrected chi connectivity index (χ4v) is 0.897. The van der Waals surface area contributed by atoms with Crippen molar-refractivity contribution in [2.24, 2.45) is 0 Å². The van der Waals surface area contributed by atoms with E-state index in [1.165, 1.54) is 0 Å². The Balaban J connectivity index is 4.32. The lowest BCUT2D eigenvalue weighted by atomic mass is 10.0. The summed E-state index contributed by atoms with van der Waals surface area (Å²) in [7, 11) is 1.14. The first-order valence-corrected chi connectivity index (χ1v) is 4.53. The first-order chi connectivity index (χ1) is 7.43. The third kappa shape index (κ3) is 4.69. The predicted octanol–water partition coefficient (Wildman–Crippen LogP) is -2.85. The number of esters is 1. The molecule has 0 amide bonds. The van der Waals surface area contributed by atoms with Crippen molar-refractivity contribution in [3.05, 3.63) is 12.2 Å². The number of methoxy groups -OCH3 is 1. The van der Waals surface area contributed by atoms with Gasteiger partial charge < -0.3 is 30.3 Å². The first kappa shape index (κ1) is 15.0. The Hall–Kier alpha value is -0.990. The van der Waals surface area contributed by atoms with Crippen molar-refractivity contribution in [1.82, 2.24) is 0 Å². The number of aliphatic hydroxyl groups excluding tert-OH is 5. The lowest BCUT2D eigenvalue weighted by Crippen LogP contribution is -2.45. The smallest absolute Gasteiger partial charge is 0.330 e. The summed E-state index contributed by atoms with van der Waals surface area (Å²) in [6.45, 7) is -0.758. The Morgan fingerprint density at radius 3 is 2.25 bits per heavy atom. The Morgan fingerprint density at radius 2 is 1.81 bits per heavy atom. The molecule has 4 atom stereocenters. The van der Waals surface area contributed by atoms with Gasteiger partial charge in [-0.05, 0) is 6.08 Å². The van der Waals surface area contributed by atoms with Crippen LogP contribution >= 0.6 is 0 Å². The van der Waals surface area contributed by atoms with E-state index in [2.05, 4.69) is 4.74 Å². The van der Waals surface area contributed by atoms with Crippen LogP contribution in [0, 0.1) is 0 Å². The van der Waals surface area contributed by atoms with Crippen molar-refractivity contribution in [2.75, 3.05) is 13.7 Å². The number of rotatable bonds is 6. The van der Waals surface area contributed by atoms with Gasteiger partial charge in [0.2, 0.25) is 0 Å². The fourth-order valence-electron chi connectivity index (χ4n) is 0.897. The van der Waals surface area contributed by atoms with E-state index >= 15 is 0 Å². The largest absolute Gasteiger partial charge is 0.466 e. The average molecular weight is 236 g/mol. The molecule has 0 aliphatic rings. The molecule has 0 heterocycles. The molecule has 0 aliphatic carbocycles. The normalized spacial score (nSPS) is 19.1. The molecule has 0 saturated carbocycles. The summed E-state index contributed by atoms with van der Waals surface area (Å²) in [5.41, 5.74) is 0. The number of aliphatic hydroxyl groups is 5. The number of ether oxygens (including phenoxy) is 1. The lowest BCUT2D eigenvalue weighted by molar-refractivity contribution is -0.135. The van der Waals surface area contributed by atoms with Crippen LogP contribution in [0.15, 0.2) is 12.2 Å². The third-order valence-corrected chi connectivity index (χ3v) is 1.91. The minimum atomic E-state index is -1.72. The fraction of sp³-hybridized carbons (Fsp3) is 0.667. The van der Waals surface area contributed by atoms with E-state index in [1.807, 2.05) is 0 Å². The van der Waals surface area contributed by atoms with Crippen LogP contribution in [0.1, 0.15) is 0 Å². The summed E-state index contributed by atoms with van der Waals surface area (Å²) in [5, 5.41) is 45.3. The van der Waals surface area contributed by atoms with Gasteiger partial charge in [0.25, 0.3) is 0 Å². The van der Waals surface area contributed by atoms with E-state index in [9.17, 15) is 20.1 Å². The zero-order chi connectivity index (χ0) is 12.7. The molecule has 16 heavy (non-hydrogen) atoms. The predicted molar refractivity (Wildman–Crippen MR) is 52.3 cm³/mol. The van der Waals surface area contributed by atoms with Gasteiger partial charge in [0.1, 0.15) is 24.4 Å². The van der Waals surface area contributed by atoms with Gasteiger partial charge in [0.05, 0.1) is 13.7 Å². The van der Waals surface area contributed by atoms with E-state index in [1.54, 1.807) is 0 Å². The van der Waals surface area contributed by atoms with Gasteiger partial charge in [0, 0.05) is 6.08 Å². The highest BCUT2D eigenvalue weighted by molar-refractivity contribution is 5.81. The van der Waals surface area contributed by atoms with Gasteiger partial charge in [-0.15, -0.1) is 0 Å². The summed E-state index contributed by atoms with van der Waals surface area (Å²) in [6.07, 6.45) is -4.80. The van der Waals surface area contributed by atoms with E-state index in [0.717, 1.165) is 19.3 Å². The monoisotopic (exact) mass is 236 g/mol. The van der Waals surface area contributed by atoms with Crippen molar-refractivity contribution in [3.8, 4) is 0 Å². The van der Waals surface area contributed by atoms with Gasteiger partial charge in [-0.1, -0.05) is 0 Å². The van der Waals surface area contributed by atoms with Crippen LogP contribution in [0.2, 0.25) is 0 Å². The topological polar surface area (TPSA) is 127 Å². The second-order valence-electron chi connectivity index (χ2n) is 3.10. The van der Waals surface area contributed by atoms with Crippen molar-refractivity contribution in [1.29, 1.82) is 0 Å². The van der Waals surface area contributed by atoms with E-state index in [-0.39, 0.29) is 0 Å². The SMILES string of the molecule is COC(=O)/C=C/[C@H](O)[C@@H](O)[C@@H](O)[C@H](O)CO. The highest BCUT2D eigenvalue weighted by atomic mass is 16.5. The van der Waals surface area contributed by atoms with Gasteiger partial charge >= 0.3 is 5.97 Å². The zero-order valence-electron chi connectivity index (χ0n) is 8.72. The Bertz CT molecular complexity index is 240. The van der Waals surface area contributed by atoms with Crippen molar-refractivity contribution < 1.29 is 35.1 Å². The van der Waals surface area contributed by atoms with Gasteiger partial charge in [-0.2, -0.15) is 0 Å². The molecule has 0 saturated heterocycles. The van der Waals surface area contributed by atoms with Crippen LogP contribution in [0.4, 0.5) is 0 Å². The highest BCUT2D eigenvalue weighted by Gasteiger charge is 2.28. The number of hydrogen-bond donors (Lipinski definition) is 5. The van der Waals surface area contributed by atoms with Gasteiger partial charge in [0.15, 0.2) is 0 Å². The summed E-state index contributed by atoms with van der Waals surface area (Å²) in [4.78, 5) is 10.6. The number of carbonyl (C=O) groups excluding carboxylic acids is 1. The van der Waals surface area contributed by atoms with Crippen LogP contribution in [-0.2, 0) is 9.53 Å². The van der Waals surface area contributed by atoms with E-state index in [0.29, 0.717) is 0 Å². The Labute approximate surface area is 92.2 Å². The molecule has 0 unspecified atom stereocenters. The minimum absolute atomic E-state index is 0.733. The molecule has 0 fully saturated rings. The van der Waals surface area contributed by atoms with Crippen molar-refractivity contribution >= 4 is 5.97 Å². The lowest BCUT2D eigenvalue weighted by Gasteiger charge is -2.23. The molecule has 0 radical (unpaired) electrons. The van der Waals surface area contributed by atoms with Crippen molar-refractivity contribution in [2.45, 2.75) is 24.4 Å². The quantitative estimate of drug-likeness (QED) is 0.248. The summed E-state index contributed by atoms with van der Waals surface area (Å²) in [5.74, 6) is -0.733. The summed E-state index contributed by atoms with van der Waals surface area (Å²) >= 11 is 0. The summed E-state index contributed by atoms with van der Waals surface area (Å²) in [6, 6.07) is 0. The third-order valence-electron chi connectivity index (χ3n) is 1.91. The molecular formula is C9H16O7. The molecule has 7 heteroatoms. The highest BCUT2D eigenvalue weighted by Crippen LogP contribution is 2.06. The second kappa shape index (κ2) is 7.31. The molecule has 7 nitrogen and oxygen atoms in total. The molecule has 94 valence electrons. The Morgan fingerprint density at radius 1 is 1.25 bits per heavy atom. The number of carbonyl (C=O) groups is 1. The van der Waals surface area contributed by atoms with Crippen LogP contribution in [0.25, 0.3) is 0 Å². The summed E-state index contributed by atoms with van der Waals surface area (Å²) < 4.78 is 4.24. The maximum absolute atomic E-state index is 10.6. The van der Waals surface area contributed by atoms with Crippen LogP contribution in [-0.4, -0.2) is 69.6 Å². The first-order valence-electron chi connectivity index (χ1n) is 4.53.